The number of amides is 1. The maximum absolute atomic E-state index is 13.5. The standard InChI is InChI=1S/C16H16FNO4S/c1-10-4-5-12(9-14(10)17)16(19)18-23(20,21)13-6-7-15(22-3)11(2)8-13/h4-9H,1-3H3,(H,18,19). The number of carbonyl (C=O) groups excluding carboxylic acids is 1. The smallest absolute Gasteiger partial charge is 0.265 e. The summed E-state index contributed by atoms with van der Waals surface area (Å²) < 4.78 is 45.0. The first-order valence-corrected chi connectivity index (χ1v) is 8.21. The van der Waals surface area contributed by atoms with E-state index in [0.717, 1.165) is 6.07 Å². The van der Waals surface area contributed by atoms with E-state index in [-0.39, 0.29) is 10.5 Å². The Hall–Kier alpha value is -2.41. The third-order valence-electron chi connectivity index (χ3n) is 3.34. The third-order valence-corrected chi connectivity index (χ3v) is 4.67. The van der Waals surface area contributed by atoms with Crippen molar-refractivity contribution in [2.45, 2.75) is 18.7 Å². The van der Waals surface area contributed by atoms with Gasteiger partial charge in [0.2, 0.25) is 0 Å². The summed E-state index contributed by atoms with van der Waals surface area (Å²) >= 11 is 0. The first kappa shape index (κ1) is 17.0. The lowest BCUT2D eigenvalue weighted by Crippen LogP contribution is -2.30. The molecule has 0 fully saturated rings. The van der Waals surface area contributed by atoms with Gasteiger partial charge in [-0.25, -0.2) is 17.5 Å². The van der Waals surface area contributed by atoms with Gasteiger partial charge in [-0.2, -0.15) is 0 Å². The number of methoxy groups -OCH3 is 1. The Kier molecular flexibility index (Phi) is 4.70. The molecule has 0 saturated heterocycles. The molecule has 122 valence electrons. The second-order valence-electron chi connectivity index (χ2n) is 5.03. The number of carbonyl (C=O) groups is 1. The molecule has 5 nitrogen and oxygen atoms in total. The van der Waals surface area contributed by atoms with Crippen molar-refractivity contribution in [1.29, 1.82) is 0 Å². The fourth-order valence-electron chi connectivity index (χ4n) is 1.99. The average molecular weight is 337 g/mol. The zero-order chi connectivity index (χ0) is 17.2. The van der Waals surface area contributed by atoms with Crippen molar-refractivity contribution in [1.82, 2.24) is 4.72 Å². The molecule has 0 saturated carbocycles. The fourth-order valence-corrected chi connectivity index (χ4v) is 3.05. The molecule has 0 aliphatic rings. The summed E-state index contributed by atoms with van der Waals surface area (Å²) in [5.41, 5.74) is 0.918. The summed E-state index contributed by atoms with van der Waals surface area (Å²) in [6.45, 7) is 3.24. The minimum atomic E-state index is -4.06. The highest BCUT2D eigenvalue weighted by Gasteiger charge is 2.20. The van der Waals surface area contributed by atoms with E-state index in [1.165, 1.54) is 37.4 Å². The summed E-state index contributed by atoms with van der Waals surface area (Å²) in [7, 11) is -2.58. The Morgan fingerprint density at radius 2 is 1.78 bits per heavy atom. The number of sulfonamides is 1. The molecule has 0 bridgehead atoms. The summed E-state index contributed by atoms with van der Waals surface area (Å²) in [4.78, 5) is 12.0. The Balaban J connectivity index is 2.28. The van der Waals surface area contributed by atoms with Crippen molar-refractivity contribution in [3.63, 3.8) is 0 Å². The van der Waals surface area contributed by atoms with Crippen molar-refractivity contribution in [3.8, 4) is 5.75 Å². The van der Waals surface area contributed by atoms with Crippen LogP contribution in [-0.4, -0.2) is 21.4 Å². The topological polar surface area (TPSA) is 72.5 Å². The van der Waals surface area contributed by atoms with E-state index < -0.39 is 21.7 Å². The lowest BCUT2D eigenvalue weighted by atomic mass is 10.1. The highest BCUT2D eigenvalue weighted by atomic mass is 32.2. The van der Waals surface area contributed by atoms with Crippen molar-refractivity contribution < 1.29 is 22.3 Å². The van der Waals surface area contributed by atoms with Crippen LogP contribution in [0.25, 0.3) is 0 Å². The molecule has 0 aliphatic carbocycles. The van der Waals surface area contributed by atoms with E-state index in [2.05, 4.69) is 0 Å². The van der Waals surface area contributed by atoms with Gasteiger partial charge >= 0.3 is 0 Å². The Labute approximate surface area is 134 Å². The van der Waals surface area contributed by atoms with Crippen LogP contribution < -0.4 is 9.46 Å². The van der Waals surface area contributed by atoms with Gasteiger partial charge < -0.3 is 4.74 Å². The quantitative estimate of drug-likeness (QED) is 0.931. The van der Waals surface area contributed by atoms with Crippen LogP contribution in [0.4, 0.5) is 4.39 Å². The molecule has 1 N–H and O–H groups in total. The molecule has 0 aromatic heterocycles. The molecule has 1 amide bonds. The maximum Gasteiger partial charge on any atom is 0.265 e. The van der Waals surface area contributed by atoms with Crippen LogP contribution in [0.5, 0.6) is 5.75 Å². The second-order valence-corrected chi connectivity index (χ2v) is 6.71. The minimum Gasteiger partial charge on any atom is -0.496 e. The molecule has 0 aliphatic heterocycles. The van der Waals surface area contributed by atoms with Crippen LogP contribution in [0.15, 0.2) is 41.3 Å². The van der Waals surface area contributed by atoms with Gasteiger partial charge in [-0.3, -0.25) is 4.79 Å². The normalized spacial score (nSPS) is 11.1. The predicted octanol–water partition coefficient (Wildman–Crippen LogP) is 2.57. The molecule has 23 heavy (non-hydrogen) atoms. The van der Waals surface area contributed by atoms with Crippen LogP contribution >= 0.6 is 0 Å². The van der Waals surface area contributed by atoms with Crippen LogP contribution in [0.3, 0.4) is 0 Å². The average Bonchev–Trinajstić information content (AvgIpc) is 2.49. The van der Waals surface area contributed by atoms with E-state index in [0.29, 0.717) is 16.9 Å². The zero-order valence-electron chi connectivity index (χ0n) is 12.9. The molecule has 0 unspecified atom stereocenters. The molecule has 0 spiro atoms. The van der Waals surface area contributed by atoms with Crippen molar-refractivity contribution in [2.75, 3.05) is 7.11 Å². The van der Waals surface area contributed by atoms with Crippen molar-refractivity contribution >= 4 is 15.9 Å². The minimum absolute atomic E-state index is 0.0677. The molecule has 0 heterocycles. The largest absolute Gasteiger partial charge is 0.496 e. The fraction of sp³-hybridized carbons (Fsp3) is 0.188. The maximum atomic E-state index is 13.5. The van der Waals surface area contributed by atoms with E-state index in [4.69, 9.17) is 4.74 Å². The van der Waals surface area contributed by atoms with Gasteiger partial charge in [-0.1, -0.05) is 6.07 Å². The van der Waals surface area contributed by atoms with Gasteiger partial charge in [0.25, 0.3) is 15.9 Å². The van der Waals surface area contributed by atoms with Gasteiger partial charge in [-0.05, 0) is 55.3 Å². The van der Waals surface area contributed by atoms with Gasteiger partial charge in [0.1, 0.15) is 11.6 Å². The van der Waals surface area contributed by atoms with E-state index in [1.54, 1.807) is 13.8 Å². The van der Waals surface area contributed by atoms with Crippen LogP contribution in [0.2, 0.25) is 0 Å². The van der Waals surface area contributed by atoms with Crippen LogP contribution in [-0.2, 0) is 10.0 Å². The van der Waals surface area contributed by atoms with Crippen LogP contribution in [0, 0.1) is 19.7 Å². The Morgan fingerprint density at radius 1 is 1.09 bits per heavy atom. The number of nitrogens with one attached hydrogen (secondary N) is 1. The van der Waals surface area contributed by atoms with E-state index >= 15 is 0 Å². The summed E-state index contributed by atoms with van der Waals surface area (Å²) in [5, 5.41) is 0. The Bertz CT molecular complexity index is 862. The molecule has 2 aromatic rings. The number of halogens is 1. The summed E-state index contributed by atoms with van der Waals surface area (Å²) in [6, 6.07) is 8.00. The SMILES string of the molecule is COc1ccc(S(=O)(=O)NC(=O)c2ccc(C)c(F)c2)cc1C. The van der Waals surface area contributed by atoms with Gasteiger partial charge in [-0.15, -0.1) is 0 Å². The van der Waals surface area contributed by atoms with Crippen LogP contribution in [0.1, 0.15) is 21.5 Å². The highest BCUT2D eigenvalue weighted by Crippen LogP contribution is 2.21. The highest BCUT2D eigenvalue weighted by molar-refractivity contribution is 7.90. The predicted molar refractivity (Wildman–Crippen MR) is 83.5 cm³/mol. The molecule has 2 aromatic carbocycles. The van der Waals surface area contributed by atoms with Gasteiger partial charge in [0.05, 0.1) is 12.0 Å². The first-order chi connectivity index (χ1) is 10.7. The third kappa shape index (κ3) is 3.68. The van der Waals surface area contributed by atoms with Gasteiger partial charge in [0, 0.05) is 5.56 Å². The molecule has 2 rings (SSSR count). The molecule has 7 heteroatoms. The van der Waals surface area contributed by atoms with E-state index in [1.807, 2.05) is 4.72 Å². The number of hydrogen-bond acceptors (Lipinski definition) is 4. The Morgan fingerprint density at radius 3 is 2.35 bits per heavy atom. The monoisotopic (exact) mass is 337 g/mol. The molecular weight excluding hydrogens is 321 g/mol. The van der Waals surface area contributed by atoms with E-state index in [9.17, 15) is 17.6 Å². The summed E-state index contributed by atoms with van der Waals surface area (Å²) in [5.74, 6) is -0.927. The lowest BCUT2D eigenvalue weighted by molar-refractivity contribution is 0.0981. The number of hydrogen-bond donors (Lipinski definition) is 1. The molecule has 0 atom stereocenters. The number of rotatable bonds is 4. The molecular formula is C16H16FNO4S. The summed E-state index contributed by atoms with van der Waals surface area (Å²) in [6.07, 6.45) is 0. The number of benzene rings is 2. The number of ether oxygens (including phenoxy) is 1. The first-order valence-electron chi connectivity index (χ1n) is 6.72. The number of aryl methyl sites for hydroxylation is 2. The zero-order valence-corrected chi connectivity index (χ0v) is 13.7. The van der Waals surface area contributed by atoms with Crippen molar-refractivity contribution in [2.24, 2.45) is 0 Å². The lowest BCUT2D eigenvalue weighted by Gasteiger charge is -2.10. The molecule has 0 radical (unpaired) electrons. The van der Waals surface area contributed by atoms with Crippen molar-refractivity contribution in [3.05, 3.63) is 58.9 Å². The second kappa shape index (κ2) is 6.37. The van der Waals surface area contributed by atoms with Gasteiger partial charge in [0.15, 0.2) is 0 Å².